The van der Waals surface area contributed by atoms with Crippen LogP contribution >= 0.6 is 0 Å². The molecule has 0 atom stereocenters. The lowest BCUT2D eigenvalue weighted by Crippen LogP contribution is -2.22. The second-order valence-corrected chi connectivity index (χ2v) is 4.76. The Kier molecular flexibility index (Phi) is 2.03. The fourth-order valence-electron chi connectivity index (χ4n) is 2.25. The van der Waals surface area contributed by atoms with E-state index in [1.165, 1.54) is 5.57 Å². The van der Waals surface area contributed by atoms with Gasteiger partial charge in [-0.1, -0.05) is 0 Å². The Labute approximate surface area is 107 Å². The van der Waals surface area contributed by atoms with E-state index in [-0.39, 0.29) is 5.56 Å². The Balaban J connectivity index is 1.97. The second-order valence-electron chi connectivity index (χ2n) is 4.76. The third-order valence-corrected chi connectivity index (χ3v) is 3.38. The SMILES string of the molecule is O=c1[nH]c(=C2CC2)[nH]/c1=C\c1c[nH]c2ncccc12. The van der Waals surface area contributed by atoms with Crippen molar-refractivity contribution in [2.24, 2.45) is 0 Å². The van der Waals surface area contributed by atoms with E-state index < -0.39 is 0 Å². The molecule has 0 saturated heterocycles. The van der Waals surface area contributed by atoms with Gasteiger partial charge in [0.2, 0.25) is 0 Å². The first-order valence-electron chi connectivity index (χ1n) is 6.25. The van der Waals surface area contributed by atoms with Gasteiger partial charge in [0, 0.05) is 23.3 Å². The minimum atomic E-state index is -0.0763. The first kappa shape index (κ1) is 10.4. The van der Waals surface area contributed by atoms with Gasteiger partial charge in [-0.05, 0) is 36.6 Å². The number of hydrogen-bond donors (Lipinski definition) is 3. The monoisotopic (exact) mass is 252 g/mol. The van der Waals surface area contributed by atoms with Crippen LogP contribution in [0.15, 0.2) is 29.3 Å². The molecule has 3 N–H and O–H groups in total. The molecule has 1 aliphatic rings. The van der Waals surface area contributed by atoms with Crippen molar-refractivity contribution in [3.63, 3.8) is 0 Å². The molecule has 3 aromatic heterocycles. The van der Waals surface area contributed by atoms with Crippen molar-refractivity contribution in [2.45, 2.75) is 12.8 Å². The number of aromatic amines is 3. The summed E-state index contributed by atoms with van der Waals surface area (Å²) < 4.78 is 0. The molecule has 3 aromatic rings. The number of aromatic nitrogens is 4. The molecule has 0 spiro atoms. The molecule has 0 amide bonds. The van der Waals surface area contributed by atoms with E-state index >= 15 is 0 Å². The van der Waals surface area contributed by atoms with Crippen LogP contribution in [0.2, 0.25) is 0 Å². The van der Waals surface area contributed by atoms with Crippen LogP contribution < -0.4 is 16.4 Å². The lowest BCUT2D eigenvalue weighted by atomic mass is 10.2. The Morgan fingerprint density at radius 3 is 3.00 bits per heavy atom. The molecule has 19 heavy (non-hydrogen) atoms. The smallest absolute Gasteiger partial charge is 0.273 e. The lowest BCUT2D eigenvalue weighted by Gasteiger charge is -1.88. The molecule has 0 unspecified atom stereocenters. The summed E-state index contributed by atoms with van der Waals surface area (Å²) in [5.74, 6) is 0. The zero-order valence-electron chi connectivity index (χ0n) is 10.2. The summed E-state index contributed by atoms with van der Waals surface area (Å²) in [6, 6.07) is 3.87. The number of rotatable bonds is 1. The van der Waals surface area contributed by atoms with Gasteiger partial charge < -0.3 is 15.0 Å². The third kappa shape index (κ3) is 1.71. The van der Waals surface area contributed by atoms with E-state index in [1.807, 2.05) is 24.4 Å². The summed E-state index contributed by atoms with van der Waals surface area (Å²) in [4.78, 5) is 25.2. The summed E-state index contributed by atoms with van der Waals surface area (Å²) >= 11 is 0. The van der Waals surface area contributed by atoms with Crippen LogP contribution in [0, 0.1) is 0 Å². The van der Waals surface area contributed by atoms with Gasteiger partial charge in [-0.15, -0.1) is 0 Å². The molecule has 4 rings (SSSR count). The second kappa shape index (κ2) is 3.71. The molecule has 0 bridgehead atoms. The van der Waals surface area contributed by atoms with Crippen LogP contribution in [-0.2, 0) is 0 Å². The Morgan fingerprint density at radius 2 is 2.16 bits per heavy atom. The van der Waals surface area contributed by atoms with Crippen LogP contribution in [0.5, 0.6) is 0 Å². The van der Waals surface area contributed by atoms with Gasteiger partial charge in [-0.25, -0.2) is 4.98 Å². The molecule has 0 aliphatic heterocycles. The van der Waals surface area contributed by atoms with Gasteiger partial charge in [0.1, 0.15) is 16.5 Å². The fourth-order valence-corrected chi connectivity index (χ4v) is 2.25. The van der Waals surface area contributed by atoms with Crippen molar-refractivity contribution in [3.8, 4) is 0 Å². The molecule has 0 aromatic carbocycles. The van der Waals surface area contributed by atoms with Gasteiger partial charge in [-0.3, -0.25) is 4.79 Å². The largest absolute Gasteiger partial charge is 0.346 e. The normalized spacial score (nSPS) is 15.4. The van der Waals surface area contributed by atoms with Gasteiger partial charge in [0.05, 0.1) is 0 Å². The molecule has 3 heterocycles. The standard InChI is InChI=1S/C14H12N4O/c19-14-11(17-12(18-14)8-3-4-8)6-9-7-16-13-10(9)2-1-5-15-13/h1-2,5-7,17H,3-4H2,(H,15,16)(H,18,19)/b11-6-. The number of hydrogen-bond acceptors (Lipinski definition) is 2. The summed E-state index contributed by atoms with van der Waals surface area (Å²) in [5.41, 5.74) is 3.87. The lowest BCUT2D eigenvalue weighted by molar-refractivity contribution is 1.18. The number of fused-ring (bicyclic) bond motifs is 1. The van der Waals surface area contributed by atoms with Crippen molar-refractivity contribution < 1.29 is 0 Å². The van der Waals surface area contributed by atoms with Gasteiger partial charge in [0.15, 0.2) is 0 Å². The molecule has 5 heteroatoms. The molecule has 1 aliphatic carbocycles. The van der Waals surface area contributed by atoms with E-state index in [4.69, 9.17) is 0 Å². The first-order valence-corrected chi connectivity index (χ1v) is 6.25. The van der Waals surface area contributed by atoms with Crippen molar-refractivity contribution in [3.05, 3.63) is 51.3 Å². The maximum Gasteiger partial charge on any atom is 0.273 e. The molecular formula is C14H12N4O. The van der Waals surface area contributed by atoms with E-state index in [0.717, 1.165) is 34.9 Å². The molecular weight excluding hydrogens is 240 g/mol. The molecule has 94 valence electrons. The van der Waals surface area contributed by atoms with Crippen molar-refractivity contribution in [2.75, 3.05) is 0 Å². The fraction of sp³-hybridized carbons (Fsp3) is 0.143. The predicted molar refractivity (Wildman–Crippen MR) is 73.0 cm³/mol. The number of nitrogens with one attached hydrogen (secondary N) is 3. The van der Waals surface area contributed by atoms with Crippen LogP contribution in [0.25, 0.3) is 22.7 Å². The minimum Gasteiger partial charge on any atom is -0.346 e. The average Bonchev–Trinajstić information content (AvgIpc) is 3.11. The minimum absolute atomic E-state index is 0.0763. The zero-order chi connectivity index (χ0) is 12.8. The first-order chi connectivity index (χ1) is 9.31. The Morgan fingerprint density at radius 1 is 1.26 bits per heavy atom. The van der Waals surface area contributed by atoms with Crippen LogP contribution in [-0.4, -0.2) is 19.9 Å². The third-order valence-electron chi connectivity index (χ3n) is 3.38. The maximum absolute atomic E-state index is 11.9. The predicted octanol–water partition coefficient (Wildman–Crippen LogP) is 0.353. The van der Waals surface area contributed by atoms with Gasteiger partial charge in [-0.2, -0.15) is 0 Å². The van der Waals surface area contributed by atoms with Gasteiger partial charge in [0.25, 0.3) is 5.56 Å². The topological polar surface area (TPSA) is 77.3 Å². The summed E-state index contributed by atoms with van der Waals surface area (Å²) in [7, 11) is 0. The summed E-state index contributed by atoms with van der Waals surface area (Å²) in [6.07, 6.45) is 7.61. The van der Waals surface area contributed by atoms with Crippen molar-refractivity contribution in [1.29, 1.82) is 0 Å². The van der Waals surface area contributed by atoms with E-state index in [1.54, 1.807) is 6.20 Å². The molecule has 0 radical (unpaired) electrons. The van der Waals surface area contributed by atoms with Crippen LogP contribution in [0.3, 0.4) is 0 Å². The zero-order valence-corrected chi connectivity index (χ0v) is 10.2. The maximum atomic E-state index is 11.9. The highest BCUT2D eigenvalue weighted by molar-refractivity contribution is 5.85. The number of H-pyrrole nitrogens is 3. The van der Waals surface area contributed by atoms with E-state index in [2.05, 4.69) is 19.9 Å². The summed E-state index contributed by atoms with van der Waals surface area (Å²) in [6.45, 7) is 0. The van der Waals surface area contributed by atoms with Crippen LogP contribution in [0.1, 0.15) is 18.4 Å². The summed E-state index contributed by atoms with van der Waals surface area (Å²) in [5, 5.41) is 1.59. The van der Waals surface area contributed by atoms with E-state index in [0.29, 0.717) is 5.35 Å². The molecule has 5 nitrogen and oxygen atoms in total. The number of imidazole rings is 1. The van der Waals surface area contributed by atoms with Crippen molar-refractivity contribution >= 4 is 22.7 Å². The number of pyridine rings is 1. The highest BCUT2D eigenvalue weighted by Gasteiger charge is 2.13. The van der Waals surface area contributed by atoms with Crippen molar-refractivity contribution in [1.82, 2.24) is 19.9 Å². The molecule has 1 saturated carbocycles. The molecule has 1 fully saturated rings. The quantitative estimate of drug-likeness (QED) is 0.584. The van der Waals surface area contributed by atoms with E-state index in [9.17, 15) is 4.79 Å². The Bertz CT molecular complexity index is 936. The van der Waals surface area contributed by atoms with Crippen LogP contribution in [0.4, 0.5) is 0 Å². The Hall–Kier alpha value is -2.56. The van der Waals surface area contributed by atoms with Gasteiger partial charge >= 0.3 is 0 Å². The average molecular weight is 252 g/mol. The highest BCUT2D eigenvalue weighted by atomic mass is 16.1. The number of nitrogens with zero attached hydrogens (tertiary/aromatic N) is 1. The highest BCUT2D eigenvalue weighted by Crippen LogP contribution is 2.26.